The van der Waals surface area contributed by atoms with E-state index in [4.69, 9.17) is 0 Å². The third-order valence-corrected chi connectivity index (χ3v) is 4.24. The lowest BCUT2D eigenvalue weighted by molar-refractivity contribution is 0.824. The molecule has 4 nitrogen and oxygen atoms in total. The van der Waals surface area contributed by atoms with Crippen LogP contribution in [0, 0.1) is 6.92 Å². The number of rotatable bonds is 6. The molecule has 2 aromatic heterocycles. The Morgan fingerprint density at radius 1 is 1.25 bits per heavy atom. The van der Waals surface area contributed by atoms with Crippen LogP contribution in [0.25, 0.3) is 0 Å². The molecule has 0 saturated carbocycles. The van der Waals surface area contributed by atoms with E-state index in [0.717, 1.165) is 30.3 Å². The van der Waals surface area contributed by atoms with Crippen LogP contribution in [0.1, 0.15) is 41.9 Å². The Kier molecular flexibility index (Phi) is 4.95. The molecular weight excluding hydrogens is 268 g/mol. The first-order chi connectivity index (χ1) is 9.62. The molecule has 0 amide bonds. The SMILES string of the molecule is CCCc1nc(NC)cc(NC(C)c2ccc(C)s2)n1. The molecule has 0 spiro atoms. The van der Waals surface area contributed by atoms with E-state index in [1.807, 2.05) is 24.5 Å². The van der Waals surface area contributed by atoms with Crippen LogP contribution in [0.2, 0.25) is 0 Å². The molecule has 20 heavy (non-hydrogen) atoms. The molecule has 1 atom stereocenters. The minimum Gasteiger partial charge on any atom is -0.373 e. The molecule has 0 bridgehead atoms. The summed E-state index contributed by atoms with van der Waals surface area (Å²) in [7, 11) is 1.88. The van der Waals surface area contributed by atoms with Gasteiger partial charge in [0.15, 0.2) is 0 Å². The lowest BCUT2D eigenvalue weighted by Crippen LogP contribution is -2.09. The Bertz CT molecular complexity index is 565. The Morgan fingerprint density at radius 3 is 2.60 bits per heavy atom. The minimum atomic E-state index is 0.253. The maximum absolute atomic E-state index is 4.59. The number of hydrogen-bond acceptors (Lipinski definition) is 5. The summed E-state index contributed by atoms with van der Waals surface area (Å²) >= 11 is 1.82. The second kappa shape index (κ2) is 6.70. The highest BCUT2D eigenvalue weighted by Crippen LogP contribution is 2.25. The van der Waals surface area contributed by atoms with Crippen molar-refractivity contribution in [2.75, 3.05) is 17.7 Å². The zero-order valence-corrected chi connectivity index (χ0v) is 13.3. The predicted octanol–water partition coefficient (Wildman–Crippen LogP) is 4.01. The van der Waals surface area contributed by atoms with E-state index >= 15 is 0 Å². The van der Waals surface area contributed by atoms with Crippen molar-refractivity contribution in [2.24, 2.45) is 0 Å². The van der Waals surface area contributed by atoms with Crippen molar-refractivity contribution >= 4 is 23.0 Å². The molecule has 0 aliphatic rings. The van der Waals surface area contributed by atoms with Gasteiger partial charge >= 0.3 is 0 Å². The molecule has 0 aliphatic heterocycles. The average Bonchev–Trinajstić information content (AvgIpc) is 2.85. The summed E-state index contributed by atoms with van der Waals surface area (Å²) in [5, 5.41) is 6.56. The molecule has 0 fully saturated rings. The van der Waals surface area contributed by atoms with Crippen molar-refractivity contribution in [2.45, 2.75) is 39.7 Å². The van der Waals surface area contributed by atoms with Gasteiger partial charge in [-0.2, -0.15) is 0 Å². The van der Waals surface area contributed by atoms with Gasteiger partial charge in [0.1, 0.15) is 17.5 Å². The Hall–Kier alpha value is -1.62. The zero-order chi connectivity index (χ0) is 14.5. The molecule has 108 valence electrons. The summed E-state index contributed by atoms with van der Waals surface area (Å²) < 4.78 is 0. The number of thiophene rings is 1. The molecule has 0 aliphatic carbocycles. The maximum Gasteiger partial charge on any atom is 0.133 e. The lowest BCUT2D eigenvalue weighted by atomic mass is 10.2. The van der Waals surface area contributed by atoms with Crippen molar-refractivity contribution < 1.29 is 0 Å². The van der Waals surface area contributed by atoms with Gasteiger partial charge in [0.2, 0.25) is 0 Å². The van der Waals surface area contributed by atoms with Gasteiger partial charge in [0.05, 0.1) is 6.04 Å². The highest BCUT2D eigenvalue weighted by atomic mass is 32.1. The standard InChI is InChI=1S/C15H22N4S/c1-5-6-13-18-14(16-4)9-15(19-13)17-11(3)12-8-7-10(2)20-12/h7-9,11H,5-6H2,1-4H3,(H2,16,17,18,19). The average molecular weight is 290 g/mol. The highest BCUT2D eigenvalue weighted by Gasteiger charge is 2.10. The third-order valence-electron chi connectivity index (χ3n) is 3.05. The quantitative estimate of drug-likeness (QED) is 0.844. The van der Waals surface area contributed by atoms with Crippen molar-refractivity contribution in [3.63, 3.8) is 0 Å². The van der Waals surface area contributed by atoms with E-state index in [9.17, 15) is 0 Å². The largest absolute Gasteiger partial charge is 0.373 e. The van der Waals surface area contributed by atoms with Gasteiger partial charge in [0, 0.05) is 29.3 Å². The van der Waals surface area contributed by atoms with E-state index in [2.05, 4.69) is 53.5 Å². The molecule has 0 saturated heterocycles. The van der Waals surface area contributed by atoms with Crippen LogP contribution in [-0.2, 0) is 6.42 Å². The van der Waals surface area contributed by atoms with Crippen molar-refractivity contribution in [1.29, 1.82) is 0 Å². The molecule has 0 radical (unpaired) electrons. The van der Waals surface area contributed by atoms with Crippen LogP contribution in [0.3, 0.4) is 0 Å². The van der Waals surface area contributed by atoms with Gasteiger partial charge in [-0.25, -0.2) is 9.97 Å². The fraction of sp³-hybridized carbons (Fsp3) is 0.467. The van der Waals surface area contributed by atoms with Crippen LogP contribution in [0.15, 0.2) is 18.2 Å². The smallest absolute Gasteiger partial charge is 0.133 e. The fourth-order valence-electron chi connectivity index (χ4n) is 2.01. The van der Waals surface area contributed by atoms with Crippen LogP contribution in [-0.4, -0.2) is 17.0 Å². The van der Waals surface area contributed by atoms with E-state index in [1.165, 1.54) is 9.75 Å². The Labute approximate surface area is 124 Å². The number of aryl methyl sites for hydroxylation is 2. The monoisotopic (exact) mass is 290 g/mol. The van der Waals surface area contributed by atoms with Crippen LogP contribution < -0.4 is 10.6 Å². The van der Waals surface area contributed by atoms with Crippen LogP contribution in [0.5, 0.6) is 0 Å². The van der Waals surface area contributed by atoms with E-state index in [-0.39, 0.29) is 6.04 Å². The molecule has 2 aromatic rings. The molecule has 0 aromatic carbocycles. The van der Waals surface area contributed by atoms with Crippen molar-refractivity contribution in [1.82, 2.24) is 9.97 Å². The van der Waals surface area contributed by atoms with Gasteiger partial charge < -0.3 is 10.6 Å². The van der Waals surface area contributed by atoms with Gasteiger partial charge in [0.25, 0.3) is 0 Å². The van der Waals surface area contributed by atoms with E-state index in [0.29, 0.717) is 0 Å². The molecule has 1 unspecified atom stereocenters. The van der Waals surface area contributed by atoms with Crippen LogP contribution >= 0.6 is 11.3 Å². The Morgan fingerprint density at radius 2 is 2.00 bits per heavy atom. The molecule has 2 N–H and O–H groups in total. The summed E-state index contributed by atoms with van der Waals surface area (Å²) in [4.78, 5) is 11.7. The molecule has 2 rings (SSSR count). The predicted molar refractivity (Wildman–Crippen MR) is 86.7 cm³/mol. The molecule has 2 heterocycles. The van der Waals surface area contributed by atoms with Crippen molar-refractivity contribution in [3.05, 3.63) is 33.8 Å². The summed E-state index contributed by atoms with van der Waals surface area (Å²) in [6, 6.07) is 6.53. The van der Waals surface area contributed by atoms with Crippen LogP contribution in [0.4, 0.5) is 11.6 Å². The first kappa shape index (κ1) is 14.8. The number of nitrogens with one attached hydrogen (secondary N) is 2. The first-order valence-electron chi connectivity index (χ1n) is 7.01. The number of anilines is 2. The van der Waals surface area contributed by atoms with Crippen molar-refractivity contribution in [3.8, 4) is 0 Å². The topological polar surface area (TPSA) is 49.8 Å². The third kappa shape index (κ3) is 3.70. The van der Waals surface area contributed by atoms with Gasteiger partial charge in [-0.3, -0.25) is 0 Å². The fourth-order valence-corrected chi connectivity index (χ4v) is 2.89. The van der Waals surface area contributed by atoms with Gasteiger partial charge in [-0.05, 0) is 32.4 Å². The summed E-state index contributed by atoms with van der Waals surface area (Å²) in [5.41, 5.74) is 0. The minimum absolute atomic E-state index is 0.253. The molecule has 5 heteroatoms. The summed E-state index contributed by atoms with van der Waals surface area (Å²) in [5.74, 6) is 2.63. The molecular formula is C15H22N4S. The number of aromatic nitrogens is 2. The number of nitrogens with zero attached hydrogens (tertiary/aromatic N) is 2. The lowest BCUT2D eigenvalue weighted by Gasteiger charge is -2.14. The normalized spacial score (nSPS) is 12.2. The summed E-state index contributed by atoms with van der Waals surface area (Å²) in [6.07, 6.45) is 1.95. The zero-order valence-electron chi connectivity index (χ0n) is 12.5. The van der Waals surface area contributed by atoms with E-state index in [1.54, 1.807) is 0 Å². The second-order valence-corrected chi connectivity index (χ2v) is 6.19. The number of hydrogen-bond donors (Lipinski definition) is 2. The highest BCUT2D eigenvalue weighted by molar-refractivity contribution is 7.12. The summed E-state index contributed by atoms with van der Waals surface area (Å²) in [6.45, 7) is 6.43. The van der Waals surface area contributed by atoms with Gasteiger partial charge in [-0.15, -0.1) is 11.3 Å². The maximum atomic E-state index is 4.59. The van der Waals surface area contributed by atoms with Gasteiger partial charge in [-0.1, -0.05) is 6.92 Å². The van der Waals surface area contributed by atoms with E-state index < -0.39 is 0 Å². The second-order valence-electron chi connectivity index (χ2n) is 4.87. The Balaban J connectivity index is 2.17. The first-order valence-corrected chi connectivity index (χ1v) is 7.82.